The lowest BCUT2D eigenvalue weighted by molar-refractivity contribution is 0.404. The Morgan fingerprint density at radius 2 is 1.53 bits per heavy atom. The van der Waals surface area contributed by atoms with Crippen molar-refractivity contribution in [3.8, 4) is 17.2 Å². The van der Waals surface area contributed by atoms with Gasteiger partial charge in [-0.1, -0.05) is 24.3 Å². The lowest BCUT2D eigenvalue weighted by Gasteiger charge is -2.11. The summed E-state index contributed by atoms with van der Waals surface area (Å²) in [7, 11) is 1.66. The fourth-order valence-corrected chi connectivity index (χ4v) is 2.21. The number of para-hydroxylation sites is 1. The number of hydrogen-bond donors (Lipinski definition) is 0. The predicted octanol–water partition coefficient (Wildman–Crippen LogP) is 4.40. The van der Waals surface area contributed by atoms with Crippen LogP contribution in [0.15, 0.2) is 42.5 Å². The minimum absolute atomic E-state index is 0.819. The molecule has 0 N–H and O–H groups in total. The van der Waals surface area contributed by atoms with E-state index in [9.17, 15) is 0 Å². The predicted molar refractivity (Wildman–Crippen MR) is 77.0 cm³/mol. The zero-order valence-electron chi connectivity index (χ0n) is 9.74. The number of halogens is 1. The van der Waals surface area contributed by atoms with Crippen molar-refractivity contribution >= 4 is 22.6 Å². The van der Waals surface area contributed by atoms with Gasteiger partial charge >= 0.3 is 0 Å². The van der Waals surface area contributed by atoms with Crippen molar-refractivity contribution in [3.05, 3.63) is 51.6 Å². The summed E-state index contributed by atoms with van der Waals surface area (Å²) in [5, 5.41) is 0. The third kappa shape index (κ3) is 2.72. The van der Waals surface area contributed by atoms with E-state index in [1.54, 1.807) is 7.11 Å². The Balaban J connectivity index is 2.34. The molecule has 3 heteroatoms. The number of benzene rings is 2. The second-order valence-electron chi connectivity index (χ2n) is 3.64. The third-order valence-electron chi connectivity index (χ3n) is 2.46. The van der Waals surface area contributed by atoms with Gasteiger partial charge in [0.05, 0.1) is 10.7 Å². The first-order chi connectivity index (χ1) is 8.22. The Morgan fingerprint density at radius 1 is 0.882 bits per heavy atom. The van der Waals surface area contributed by atoms with Crippen molar-refractivity contribution < 1.29 is 9.47 Å². The highest BCUT2D eigenvalue weighted by atomic mass is 127. The fourth-order valence-electron chi connectivity index (χ4n) is 1.52. The van der Waals surface area contributed by atoms with E-state index in [-0.39, 0.29) is 0 Å². The molecule has 0 bridgehead atoms. The molecular formula is C14H13IO2. The second kappa shape index (κ2) is 5.40. The van der Waals surface area contributed by atoms with Crippen LogP contribution in [-0.2, 0) is 0 Å². The molecule has 2 rings (SSSR count). The highest BCUT2D eigenvalue weighted by molar-refractivity contribution is 14.1. The number of aryl methyl sites for hydroxylation is 1. The van der Waals surface area contributed by atoms with Gasteiger partial charge in [-0.3, -0.25) is 0 Å². The van der Waals surface area contributed by atoms with Gasteiger partial charge in [0.25, 0.3) is 0 Å². The van der Waals surface area contributed by atoms with Crippen molar-refractivity contribution in [2.75, 3.05) is 7.11 Å². The first-order valence-electron chi connectivity index (χ1n) is 5.28. The maximum Gasteiger partial charge on any atom is 0.144 e. The molecule has 0 radical (unpaired) electrons. The summed E-state index contributed by atoms with van der Waals surface area (Å²) in [5.74, 6) is 2.52. The molecule has 2 nitrogen and oxygen atoms in total. The maximum atomic E-state index is 5.89. The number of rotatable bonds is 3. The summed E-state index contributed by atoms with van der Waals surface area (Å²) in [6.07, 6.45) is 0. The van der Waals surface area contributed by atoms with Crippen molar-refractivity contribution in [1.82, 2.24) is 0 Å². The summed E-state index contributed by atoms with van der Waals surface area (Å²) in [6.45, 7) is 2.03. The van der Waals surface area contributed by atoms with Gasteiger partial charge in [0.2, 0.25) is 0 Å². The summed E-state index contributed by atoms with van der Waals surface area (Å²) in [4.78, 5) is 0. The first kappa shape index (κ1) is 12.2. The molecular weight excluding hydrogens is 327 g/mol. The minimum Gasteiger partial charge on any atom is -0.496 e. The molecule has 2 aromatic rings. The van der Waals surface area contributed by atoms with Crippen LogP contribution in [0.5, 0.6) is 17.2 Å². The fraction of sp³-hybridized carbons (Fsp3) is 0.143. The van der Waals surface area contributed by atoms with E-state index in [0.29, 0.717) is 0 Å². The van der Waals surface area contributed by atoms with Gasteiger partial charge in [-0.25, -0.2) is 0 Å². The van der Waals surface area contributed by atoms with E-state index >= 15 is 0 Å². The molecule has 0 aliphatic heterocycles. The van der Waals surface area contributed by atoms with Gasteiger partial charge in [0, 0.05) is 0 Å². The standard InChI is InChI=1S/C14H13IO2/c1-10-6-3-4-7-11(10)17-13-9-5-8-12(16-2)14(13)15/h3-9H,1-2H3. The van der Waals surface area contributed by atoms with Crippen LogP contribution in [0, 0.1) is 10.5 Å². The van der Waals surface area contributed by atoms with Crippen LogP contribution in [0.3, 0.4) is 0 Å². The summed E-state index contributed by atoms with van der Waals surface area (Å²) >= 11 is 2.23. The quantitative estimate of drug-likeness (QED) is 0.771. The molecule has 0 unspecified atom stereocenters. The van der Waals surface area contributed by atoms with Crippen LogP contribution >= 0.6 is 22.6 Å². The van der Waals surface area contributed by atoms with Gasteiger partial charge in [-0.15, -0.1) is 0 Å². The van der Waals surface area contributed by atoms with Crippen LogP contribution in [0.25, 0.3) is 0 Å². The summed E-state index contributed by atoms with van der Waals surface area (Å²) in [6, 6.07) is 13.7. The molecule has 0 saturated carbocycles. The number of methoxy groups -OCH3 is 1. The van der Waals surface area contributed by atoms with E-state index in [0.717, 1.165) is 26.4 Å². The lowest BCUT2D eigenvalue weighted by Crippen LogP contribution is -1.92. The van der Waals surface area contributed by atoms with E-state index in [2.05, 4.69) is 22.6 Å². The Labute approximate surface area is 115 Å². The van der Waals surface area contributed by atoms with Crippen molar-refractivity contribution in [2.45, 2.75) is 6.92 Å². The average Bonchev–Trinajstić information content (AvgIpc) is 2.34. The van der Waals surface area contributed by atoms with E-state index in [4.69, 9.17) is 9.47 Å². The summed E-state index contributed by atoms with van der Waals surface area (Å²) < 4.78 is 12.1. The van der Waals surface area contributed by atoms with Crippen LogP contribution < -0.4 is 9.47 Å². The Hall–Kier alpha value is -1.23. The third-order valence-corrected chi connectivity index (χ3v) is 3.52. The van der Waals surface area contributed by atoms with E-state index in [1.807, 2.05) is 49.4 Å². The topological polar surface area (TPSA) is 18.5 Å². The van der Waals surface area contributed by atoms with Gasteiger partial charge in [0.15, 0.2) is 0 Å². The number of ether oxygens (including phenoxy) is 2. The molecule has 2 aromatic carbocycles. The zero-order valence-corrected chi connectivity index (χ0v) is 11.9. The first-order valence-corrected chi connectivity index (χ1v) is 6.36. The second-order valence-corrected chi connectivity index (χ2v) is 4.72. The largest absolute Gasteiger partial charge is 0.496 e. The smallest absolute Gasteiger partial charge is 0.144 e. The average molecular weight is 340 g/mol. The van der Waals surface area contributed by atoms with Crippen LogP contribution in [0.4, 0.5) is 0 Å². The molecule has 17 heavy (non-hydrogen) atoms. The van der Waals surface area contributed by atoms with Gasteiger partial charge < -0.3 is 9.47 Å². The van der Waals surface area contributed by atoms with Crippen molar-refractivity contribution in [3.63, 3.8) is 0 Å². The van der Waals surface area contributed by atoms with Crippen LogP contribution in [-0.4, -0.2) is 7.11 Å². The molecule has 0 fully saturated rings. The Bertz CT molecular complexity index is 523. The van der Waals surface area contributed by atoms with Gasteiger partial charge in [-0.05, 0) is 53.3 Å². The zero-order chi connectivity index (χ0) is 12.3. The number of hydrogen-bond acceptors (Lipinski definition) is 2. The molecule has 0 spiro atoms. The molecule has 0 heterocycles. The van der Waals surface area contributed by atoms with Crippen LogP contribution in [0.1, 0.15) is 5.56 Å². The molecule has 0 aliphatic rings. The minimum atomic E-state index is 0.819. The Morgan fingerprint density at radius 3 is 2.24 bits per heavy atom. The monoisotopic (exact) mass is 340 g/mol. The molecule has 0 saturated heterocycles. The molecule has 0 aliphatic carbocycles. The highest BCUT2D eigenvalue weighted by Crippen LogP contribution is 2.33. The SMILES string of the molecule is COc1cccc(Oc2ccccc2C)c1I. The van der Waals surface area contributed by atoms with Crippen molar-refractivity contribution in [2.24, 2.45) is 0 Å². The van der Waals surface area contributed by atoms with E-state index < -0.39 is 0 Å². The van der Waals surface area contributed by atoms with Crippen LogP contribution in [0.2, 0.25) is 0 Å². The molecule has 0 amide bonds. The summed E-state index contributed by atoms with van der Waals surface area (Å²) in [5.41, 5.74) is 1.12. The molecule has 0 atom stereocenters. The normalized spacial score (nSPS) is 10.1. The Kier molecular flexibility index (Phi) is 3.89. The van der Waals surface area contributed by atoms with Gasteiger partial charge in [-0.2, -0.15) is 0 Å². The van der Waals surface area contributed by atoms with Crippen molar-refractivity contribution in [1.29, 1.82) is 0 Å². The lowest BCUT2D eigenvalue weighted by atomic mass is 10.2. The van der Waals surface area contributed by atoms with E-state index in [1.165, 1.54) is 0 Å². The molecule has 0 aromatic heterocycles. The maximum absolute atomic E-state index is 5.89. The highest BCUT2D eigenvalue weighted by Gasteiger charge is 2.08. The molecule has 88 valence electrons. The van der Waals surface area contributed by atoms with Gasteiger partial charge in [0.1, 0.15) is 17.2 Å².